The molecule has 1 N–H and O–H groups in total. The van der Waals surface area contributed by atoms with Gasteiger partial charge in [0, 0.05) is 11.9 Å². The molecular formula is C23H24N4O4. The molecule has 0 aliphatic rings. The molecule has 31 heavy (non-hydrogen) atoms. The van der Waals surface area contributed by atoms with Crippen LogP contribution in [-0.4, -0.2) is 33.8 Å². The maximum atomic E-state index is 13.0. The molecule has 0 radical (unpaired) electrons. The van der Waals surface area contributed by atoms with Gasteiger partial charge in [0.05, 0.1) is 19.2 Å². The molecule has 0 aliphatic carbocycles. The molecule has 0 fully saturated rings. The number of carbonyl (C=O) groups is 1. The van der Waals surface area contributed by atoms with Crippen LogP contribution in [0.2, 0.25) is 0 Å². The van der Waals surface area contributed by atoms with E-state index in [1.807, 2.05) is 49.4 Å². The lowest BCUT2D eigenvalue weighted by Crippen LogP contribution is -2.34. The number of aryl methyl sites for hydroxylation is 1. The number of methoxy groups -OCH3 is 1. The monoisotopic (exact) mass is 420 g/mol. The van der Waals surface area contributed by atoms with Crippen molar-refractivity contribution in [3.8, 4) is 11.5 Å². The van der Waals surface area contributed by atoms with Crippen LogP contribution in [0.5, 0.6) is 11.5 Å². The molecule has 0 atom stereocenters. The molecule has 0 saturated carbocycles. The molecule has 0 saturated heterocycles. The van der Waals surface area contributed by atoms with Crippen LogP contribution in [0.3, 0.4) is 0 Å². The predicted octanol–water partition coefficient (Wildman–Crippen LogP) is 2.68. The van der Waals surface area contributed by atoms with Crippen LogP contribution in [0.1, 0.15) is 18.3 Å². The SMILES string of the molecule is CCOc1ccc(CNC(=O)Cn2nc(C)n3c(cc4c(OC)cccc43)c2=O)cc1. The zero-order valence-corrected chi connectivity index (χ0v) is 17.7. The van der Waals surface area contributed by atoms with Gasteiger partial charge in [-0.15, -0.1) is 0 Å². The zero-order chi connectivity index (χ0) is 22.0. The molecule has 4 aromatic rings. The van der Waals surface area contributed by atoms with Crippen LogP contribution in [0, 0.1) is 6.92 Å². The van der Waals surface area contributed by atoms with Gasteiger partial charge in [0.2, 0.25) is 5.91 Å². The molecule has 0 unspecified atom stereocenters. The van der Waals surface area contributed by atoms with Crippen LogP contribution in [0.4, 0.5) is 0 Å². The van der Waals surface area contributed by atoms with E-state index in [4.69, 9.17) is 9.47 Å². The Kier molecular flexibility index (Phi) is 5.62. The molecule has 0 bridgehead atoms. The van der Waals surface area contributed by atoms with E-state index in [2.05, 4.69) is 10.4 Å². The normalized spacial score (nSPS) is 11.1. The maximum Gasteiger partial charge on any atom is 0.291 e. The Labute approximate surface area is 179 Å². The van der Waals surface area contributed by atoms with Gasteiger partial charge in [0.25, 0.3) is 5.56 Å². The minimum atomic E-state index is -0.333. The van der Waals surface area contributed by atoms with E-state index in [0.29, 0.717) is 30.2 Å². The van der Waals surface area contributed by atoms with E-state index in [9.17, 15) is 9.59 Å². The van der Waals surface area contributed by atoms with Gasteiger partial charge in [-0.3, -0.25) is 14.0 Å². The molecule has 0 spiro atoms. The first-order valence-corrected chi connectivity index (χ1v) is 10.1. The summed E-state index contributed by atoms with van der Waals surface area (Å²) in [6.45, 7) is 4.53. The van der Waals surface area contributed by atoms with E-state index in [-0.39, 0.29) is 18.0 Å². The highest BCUT2D eigenvalue weighted by atomic mass is 16.5. The van der Waals surface area contributed by atoms with Crippen LogP contribution in [0.15, 0.2) is 53.3 Å². The van der Waals surface area contributed by atoms with Crippen molar-refractivity contribution >= 4 is 22.3 Å². The summed E-state index contributed by atoms with van der Waals surface area (Å²) in [5.41, 5.74) is 1.89. The average molecular weight is 420 g/mol. The number of amides is 1. The fourth-order valence-corrected chi connectivity index (χ4v) is 3.65. The van der Waals surface area contributed by atoms with Gasteiger partial charge in [-0.2, -0.15) is 5.10 Å². The number of hydrogen-bond donors (Lipinski definition) is 1. The van der Waals surface area contributed by atoms with E-state index < -0.39 is 0 Å². The van der Waals surface area contributed by atoms with E-state index in [1.165, 1.54) is 4.68 Å². The Bertz CT molecular complexity index is 1310. The number of carbonyl (C=O) groups excluding carboxylic acids is 1. The van der Waals surface area contributed by atoms with Gasteiger partial charge < -0.3 is 14.8 Å². The highest BCUT2D eigenvalue weighted by Crippen LogP contribution is 2.28. The van der Waals surface area contributed by atoms with E-state index in [0.717, 1.165) is 22.2 Å². The molecule has 2 aromatic heterocycles. The number of hydrogen-bond acceptors (Lipinski definition) is 5. The third-order valence-corrected chi connectivity index (χ3v) is 5.09. The zero-order valence-electron chi connectivity index (χ0n) is 17.7. The van der Waals surface area contributed by atoms with E-state index >= 15 is 0 Å². The summed E-state index contributed by atoms with van der Waals surface area (Å²) in [5, 5.41) is 8.01. The van der Waals surface area contributed by atoms with Crippen LogP contribution < -0.4 is 20.3 Å². The van der Waals surface area contributed by atoms with Gasteiger partial charge in [-0.05, 0) is 49.7 Å². The summed E-state index contributed by atoms with van der Waals surface area (Å²) < 4.78 is 13.8. The molecule has 2 heterocycles. The first-order valence-electron chi connectivity index (χ1n) is 10.1. The summed E-state index contributed by atoms with van der Waals surface area (Å²) >= 11 is 0. The van der Waals surface area contributed by atoms with Crippen LogP contribution in [-0.2, 0) is 17.9 Å². The van der Waals surface area contributed by atoms with Crippen molar-refractivity contribution in [1.29, 1.82) is 0 Å². The van der Waals surface area contributed by atoms with Gasteiger partial charge in [-0.1, -0.05) is 18.2 Å². The summed E-state index contributed by atoms with van der Waals surface area (Å²) in [5.74, 6) is 1.78. The van der Waals surface area contributed by atoms with Crippen molar-refractivity contribution in [3.63, 3.8) is 0 Å². The average Bonchev–Trinajstić information content (AvgIpc) is 3.17. The summed E-state index contributed by atoms with van der Waals surface area (Å²) in [7, 11) is 1.59. The van der Waals surface area contributed by atoms with Crippen molar-refractivity contribution in [2.45, 2.75) is 26.9 Å². The lowest BCUT2D eigenvalue weighted by molar-refractivity contribution is -0.122. The van der Waals surface area contributed by atoms with Crippen molar-refractivity contribution in [2.75, 3.05) is 13.7 Å². The molecule has 8 nitrogen and oxygen atoms in total. The number of nitrogens with zero attached hydrogens (tertiary/aromatic N) is 3. The number of nitrogens with one attached hydrogen (secondary N) is 1. The van der Waals surface area contributed by atoms with Gasteiger partial charge >= 0.3 is 0 Å². The summed E-state index contributed by atoms with van der Waals surface area (Å²) in [4.78, 5) is 25.5. The standard InChI is InChI=1S/C23H24N4O4/c1-4-31-17-10-8-16(9-11-17)13-24-22(28)14-26-23(29)20-12-18-19(27(20)15(2)25-26)6-5-7-21(18)30-3/h5-12H,4,13-14H2,1-3H3,(H,24,28). The van der Waals surface area contributed by atoms with Crippen molar-refractivity contribution < 1.29 is 14.3 Å². The Morgan fingerprint density at radius 3 is 2.61 bits per heavy atom. The number of ether oxygens (including phenoxy) is 2. The van der Waals surface area contributed by atoms with Crippen molar-refractivity contribution in [3.05, 3.63) is 70.3 Å². The lowest BCUT2D eigenvalue weighted by atomic mass is 10.2. The van der Waals surface area contributed by atoms with Gasteiger partial charge in [0.15, 0.2) is 0 Å². The van der Waals surface area contributed by atoms with Gasteiger partial charge in [0.1, 0.15) is 29.4 Å². The largest absolute Gasteiger partial charge is 0.496 e. The quantitative estimate of drug-likeness (QED) is 0.497. The molecule has 4 rings (SSSR count). The molecule has 8 heteroatoms. The highest BCUT2D eigenvalue weighted by molar-refractivity contribution is 5.92. The molecule has 1 amide bonds. The summed E-state index contributed by atoms with van der Waals surface area (Å²) in [6, 6.07) is 14.9. The highest BCUT2D eigenvalue weighted by Gasteiger charge is 2.16. The molecular weight excluding hydrogens is 396 g/mol. The van der Waals surface area contributed by atoms with Crippen molar-refractivity contribution in [1.82, 2.24) is 19.5 Å². The third kappa shape index (κ3) is 3.96. The second-order valence-electron chi connectivity index (χ2n) is 7.12. The fraction of sp³-hybridized carbons (Fsp3) is 0.261. The topological polar surface area (TPSA) is 86.9 Å². The molecule has 160 valence electrons. The Hall–Kier alpha value is -3.81. The minimum absolute atomic E-state index is 0.161. The van der Waals surface area contributed by atoms with E-state index in [1.54, 1.807) is 24.5 Å². The fourth-order valence-electron chi connectivity index (χ4n) is 3.65. The smallest absolute Gasteiger partial charge is 0.291 e. The summed E-state index contributed by atoms with van der Waals surface area (Å²) in [6.07, 6.45) is 0. The van der Waals surface area contributed by atoms with Crippen molar-refractivity contribution in [2.24, 2.45) is 0 Å². The number of aromatic nitrogens is 3. The number of benzene rings is 2. The maximum absolute atomic E-state index is 13.0. The first kappa shape index (κ1) is 20.5. The minimum Gasteiger partial charge on any atom is -0.496 e. The second kappa shape index (κ2) is 8.51. The molecule has 0 aliphatic heterocycles. The Morgan fingerprint density at radius 2 is 1.90 bits per heavy atom. The van der Waals surface area contributed by atoms with Gasteiger partial charge in [-0.25, -0.2) is 4.68 Å². The second-order valence-corrected chi connectivity index (χ2v) is 7.12. The number of rotatable bonds is 7. The Balaban J connectivity index is 1.55. The Morgan fingerprint density at radius 1 is 1.13 bits per heavy atom. The first-order chi connectivity index (χ1) is 15.0. The van der Waals surface area contributed by atoms with Crippen LogP contribution in [0.25, 0.3) is 16.4 Å². The number of fused-ring (bicyclic) bond motifs is 3. The lowest BCUT2D eigenvalue weighted by Gasteiger charge is -2.10. The molecule has 2 aromatic carbocycles. The predicted molar refractivity (Wildman–Crippen MR) is 118 cm³/mol. The van der Waals surface area contributed by atoms with Crippen LogP contribution >= 0.6 is 0 Å². The third-order valence-electron chi connectivity index (χ3n) is 5.09.